The van der Waals surface area contributed by atoms with Crippen molar-refractivity contribution < 1.29 is 8.42 Å². The van der Waals surface area contributed by atoms with Crippen LogP contribution in [0.2, 0.25) is 0 Å². The normalized spacial score (nSPS) is 11.3. The summed E-state index contributed by atoms with van der Waals surface area (Å²) < 4.78 is 26.0. The van der Waals surface area contributed by atoms with Gasteiger partial charge in [-0.25, -0.2) is 8.42 Å². The number of hydrogen-bond donors (Lipinski definition) is 0. The van der Waals surface area contributed by atoms with Gasteiger partial charge in [-0.2, -0.15) is 0 Å². The van der Waals surface area contributed by atoms with Gasteiger partial charge in [0.05, 0.1) is 11.4 Å². The van der Waals surface area contributed by atoms with Crippen molar-refractivity contribution in [3.05, 3.63) is 65.7 Å². The zero-order valence-corrected chi connectivity index (χ0v) is 12.7. The van der Waals surface area contributed by atoms with Crippen LogP contribution in [-0.2, 0) is 21.7 Å². The third-order valence-electron chi connectivity index (χ3n) is 3.06. The van der Waals surface area contributed by atoms with E-state index >= 15 is 0 Å². The number of benzene rings is 2. The highest BCUT2D eigenvalue weighted by Crippen LogP contribution is 2.18. The number of anilines is 1. The van der Waals surface area contributed by atoms with Gasteiger partial charge in [0.1, 0.15) is 0 Å². The number of nitrogens with zero attached hydrogens (tertiary/aromatic N) is 1. The zero-order chi connectivity index (χ0) is 14.6. The summed E-state index contributed by atoms with van der Waals surface area (Å²) in [7, 11) is -1.82. The molecule has 2 aromatic carbocycles. The summed E-state index contributed by atoms with van der Waals surface area (Å²) in [4.78, 5) is 0. The van der Waals surface area contributed by atoms with Crippen molar-refractivity contribution in [3.63, 3.8) is 0 Å². The molecule has 3 nitrogen and oxygen atoms in total. The highest BCUT2D eigenvalue weighted by Gasteiger charge is 2.18. The first-order valence-corrected chi connectivity index (χ1v) is 8.33. The van der Waals surface area contributed by atoms with E-state index in [1.807, 2.05) is 30.3 Å². The third kappa shape index (κ3) is 3.52. The second-order valence-electron chi connectivity index (χ2n) is 4.51. The molecule has 0 amide bonds. The molecule has 0 N–H and O–H groups in total. The predicted molar refractivity (Wildman–Crippen MR) is 83.5 cm³/mol. The Labute approximate surface area is 124 Å². The molecule has 20 heavy (non-hydrogen) atoms. The highest BCUT2D eigenvalue weighted by atomic mass is 35.5. The molecule has 0 radical (unpaired) electrons. The lowest BCUT2D eigenvalue weighted by molar-refractivity contribution is 0.593. The molecule has 0 aliphatic rings. The van der Waals surface area contributed by atoms with E-state index in [-0.39, 0.29) is 5.75 Å². The number of hydrogen-bond acceptors (Lipinski definition) is 2. The van der Waals surface area contributed by atoms with Gasteiger partial charge in [-0.3, -0.25) is 4.31 Å². The zero-order valence-electron chi connectivity index (χ0n) is 11.2. The molecular weight excluding hydrogens is 294 g/mol. The summed E-state index contributed by atoms with van der Waals surface area (Å²) in [5.74, 6) is 0.401. The Hall–Kier alpha value is -1.52. The Bertz CT molecular complexity index is 654. The standard InChI is InChI=1S/C15H16ClNO2S/c1-17(15-5-3-2-4-6-15)20(18,19)12-14-9-7-13(11-16)8-10-14/h2-10H,11-12H2,1H3. The molecule has 5 heteroatoms. The first-order chi connectivity index (χ1) is 9.53. The first-order valence-electron chi connectivity index (χ1n) is 6.18. The van der Waals surface area contributed by atoms with Crippen molar-refractivity contribution in [1.29, 1.82) is 0 Å². The van der Waals surface area contributed by atoms with Crippen molar-refractivity contribution in [2.24, 2.45) is 0 Å². The molecule has 0 aliphatic carbocycles. The number of rotatable bonds is 5. The van der Waals surface area contributed by atoms with Gasteiger partial charge in [-0.15, -0.1) is 11.6 Å². The molecule has 2 aromatic rings. The fraction of sp³-hybridized carbons (Fsp3) is 0.200. The number of alkyl halides is 1. The molecule has 0 saturated heterocycles. The SMILES string of the molecule is CN(c1ccccc1)S(=O)(=O)Cc1ccc(CCl)cc1. The molecular formula is C15H16ClNO2S. The van der Waals surface area contributed by atoms with Gasteiger partial charge in [0, 0.05) is 12.9 Å². The first kappa shape index (κ1) is 14.9. The van der Waals surface area contributed by atoms with Gasteiger partial charge < -0.3 is 0 Å². The Kier molecular flexibility index (Phi) is 4.68. The van der Waals surface area contributed by atoms with Crippen LogP contribution in [0.3, 0.4) is 0 Å². The molecule has 0 unspecified atom stereocenters. The molecule has 0 aromatic heterocycles. The maximum atomic E-state index is 12.4. The molecule has 0 bridgehead atoms. The van der Waals surface area contributed by atoms with Crippen LogP contribution in [-0.4, -0.2) is 15.5 Å². The Balaban J connectivity index is 2.18. The summed E-state index contributed by atoms with van der Waals surface area (Å²) in [6, 6.07) is 16.3. The average molecular weight is 310 g/mol. The molecule has 0 saturated carbocycles. The largest absolute Gasteiger partial charge is 0.273 e. The van der Waals surface area contributed by atoms with Crippen LogP contribution in [0.15, 0.2) is 54.6 Å². The average Bonchev–Trinajstić information content (AvgIpc) is 2.48. The van der Waals surface area contributed by atoms with Crippen LogP contribution < -0.4 is 4.31 Å². The van der Waals surface area contributed by atoms with Crippen LogP contribution in [0.5, 0.6) is 0 Å². The van der Waals surface area contributed by atoms with Crippen molar-refractivity contribution in [2.45, 2.75) is 11.6 Å². The predicted octanol–water partition coefficient (Wildman–Crippen LogP) is 3.39. The van der Waals surface area contributed by atoms with E-state index < -0.39 is 10.0 Å². The fourth-order valence-electron chi connectivity index (χ4n) is 1.83. The van der Waals surface area contributed by atoms with Gasteiger partial charge in [-0.05, 0) is 23.3 Å². The van der Waals surface area contributed by atoms with Crippen molar-refractivity contribution >= 4 is 27.3 Å². The van der Waals surface area contributed by atoms with E-state index in [2.05, 4.69) is 0 Å². The van der Waals surface area contributed by atoms with Crippen LogP contribution in [0.4, 0.5) is 5.69 Å². The Morgan fingerprint density at radius 3 is 2.05 bits per heavy atom. The third-order valence-corrected chi connectivity index (χ3v) is 5.12. The van der Waals surface area contributed by atoms with E-state index in [9.17, 15) is 8.42 Å². The van der Waals surface area contributed by atoms with Crippen LogP contribution in [0.25, 0.3) is 0 Å². The minimum absolute atomic E-state index is 0.0268. The van der Waals surface area contributed by atoms with Gasteiger partial charge >= 0.3 is 0 Å². The molecule has 0 spiro atoms. The minimum Gasteiger partial charge on any atom is -0.273 e. The molecule has 0 aliphatic heterocycles. The van der Waals surface area contributed by atoms with E-state index in [0.29, 0.717) is 11.6 Å². The molecule has 0 atom stereocenters. The van der Waals surface area contributed by atoms with Crippen LogP contribution in [0, 0.1) is 0 Å². The maximum absolute atomic E-state index is 12.4. The van der Waals surface area contributed by atoms with E-state index in [1.54, 1.807) is 31.3 Å². The minimum atomic E-state index is -3.39. The van der Waals surface area contributed by atoms with Crippen molar-refractivity contribution in [2.75, 3.05) is 11.4 Å². The van der Waals surface area contributed by atoms with Gasteiger partial charge in [0.15, 0.2) is 0 Å². The molecule has 0 heterocycles. The number of sulfonamides is 1. The van der Waals surface area contributed by atoms with Crippen LogP contribution in [0.1, 0.15) is 11.1 Å². The smallest absolute Gasteiger partial charge is 0.239 e. The topological polar surface area (TPSA) is 37.4 Å². The van der Waals surface area contributed by atoms with Gasteiger partial charge in [-0.1, -0.05) is 42.5 Å². The van der Waals surface area contributed by atoms with E-state index in [4.69, 9.17) is 11.6 Å². The quantitative estimate of drug-likeness (QED) is 0.794. The van der Waals surface area contributed by atoms with Crippen molar-refractivity contribution in [1.82, 2.24) is 0 Å². The second kappa shape index (κ2) is 6.29. The molecule has 106 valence electrons. The van der Waals surface area contributed by atoms with Crippen molar-refractivity contribution in [3.8, 4) is 0 Å². The lowest BCUT2D eigenvalue weighted by Crippen LogP contribution is -2.27. The number of para-hydroxylation sites is 1. The summed E-state index contributed by atoms with van der Waals surface area (Å²) in [5.41, 5.74) is 2.38. The summed E-state index contributed by atoms with van der Waals surface area (Å²) in [5, 5.41) is 0. The summed E-state index contributed by atoms with van der Waals surface area (Å²) in [6.45, 7) is 0. The van der Waals surface area contributed by atoms with E-state index in [1.165, 1.54) is 4.31 Å². The Morgan fingerprint density at radius 1 is 0.950 bits per heavy atom. The summed E-state index contributed by atoms with van der Waals surface area (Å²) >= 11 is 5.72. The lowest BCUT2D eigenvalue weighted by atomic mass is 10.2. The van der Waals surface area contributed by atoms with Crippen LogP contribution >= 0.6 is 11.6 Å². The number of halogens is 1. The lowest BCUT2D eigenvalue weighted by Gasteiger charge is -2.19. The second-order valence-corrected chi connectivity index (χ2v) is 6.78. The van der Waals surface area contributed by atoms with Gasteiger partial charge in [0.25, 0.3) is 0 Å². The van der Waals surface area contributed by atoms with E-state index in [0.717, 1.165) is 11.1 Å². The monoisotopic (exact) mass is 309 g/mol. The fourth-order valence-corrected chi connectivity index (χ4v) is 3.26. The molecule has 2 rings (SSSR count). The molecule has 0 fully saturated rings. The van der Waals surface area contributed by atoms with Gasteiger partial charge in [0.2, 0.25) is 10.0 Å². The highest BCUT2D eigenvalue weighted by molar-refractivity contribution is 7.92. The Morgan fingerprint density at radius 2 is 1.50 bits per heavy atom. The maximum Gasteiger partial charge on any atom is 0.239 e. The summed E-state index contributed by atoms with van der Waals surface area (Å²) in [6.07, 6.45) is 0.